The first-order valence-corrected chi connectivity index (χ1v) is 13.2. The van der Waals surface area contributed by atoms with Gasteiger partial charge in [-0.2, -0.15) is 0 Å². The van der Waals surface area contributed by atoms with Crippen LogP contribution in [0.5, 0.6) is 0 Å². The van der Waals surface area contributed by atoms with Gasteiger partial charge in [-0.25, -0.2) is 0 Å². The molecular formula is C6H20N2O12P4Zn+2. The second kappa shape index (κ2) is 10.6. The average Bonchev–Trinajstić information content (AvgIpc) is 2.16. The molecule has 0 atom stereocenters. The van der Waals surface area contributed by atoms with E-state index in [9.17, 15) is 18.3 Å². The summed E-state index contributed by atoms with van der Waals surface area (Å²) in [5.41, 5.74) is 0. The number of nitrogens with zero attached hydrogens (tertiary/aromatic N) is 2. The van der Waals surface area contributed by atoms with Crippen molar-refractivity contribution in [2.45, 2.75) is 0 Å². The Bertz CT molecular complexity index is 492. The fourth-order valence-corrected chi connectivity index (χ4v) is 5.06. The predicted molar refractivity (Wildman–Crippen MR) is 81.1 cm³/mol. The van der Waals surface area contributed by atoms with E-state index in [1.165, 1.54) is 0 Å². The van der Waals surface area contributed by atoms with Gasteiger partial charge in [0.25, 0.3) is 0 Å². The van der Waals surface area contributed by atoms with Crippen molar-refractivity contribution in [2.75, 3.05) is 38.2 Å². The van der Waals surface area contributed by atoms with E-state index in [1.807, 2.05) is 0 Å². The van der Waals surface area contributed by atoms with Crippen molar-refractivity contribution in [3.63, 3.8) is 0 Å². The van der Waals surface area contributed by atoms with Crippen LogP contribution in [0.25, 0.3) is 0 Å². The van der Waals surface area contributed by atoms with Gasteiger partial charge < -0.3 is 39.1 Å². The fraction of sp³-hybridized carbons (Fsp3) is 1.00. The van der Waals surface area contributed by atoms with Crippen LogP contribution in [0.15, 0.2) is 0 Å². The molecule has 0 bridgehead atoms. The molecule has 0 aliphatic carbocycles. The van der Waals surface area contributed by atoms with Gasteiger partial charge in [-0.1, -0.05) is 0 Å². The van der Waals surface area contributed by atoms with Crippen molar-refractivity contribution in [1.29, 1.82) is 0 Å². The van der Waals surface area contributed by atoms with Gasteiger partial charge in [-0.3, -0.25) is 28.1 Å². The topological polar surface area (TPSA) is 237 Å². The molecule has 0 aromatic rings. The Labute approximate surface area is 155 Å². The molecular weight excluding hydrogens is 481 g/mol. The van der Waals surface area contributed by atoms with Crippen molar-refractivity contribution >= 4 is 30.4 Å². The number of hydrogen-bond donors (Lipinski definition) is 8. The largest absolute Gasteiger partial charge is 2.00 e. The molecule has 0 amide bonds. The second-order valence-corrected chi connectivity index (χ2v) is 11.5. The monoisotopic (exact) mass is 500 g/mol. The summed E-state index contributed by atoms with van der Waals surface area (Å²) in [4.78, 5) is 72.3. The summed E-state index contributed by atoms with van der Waals surface area (Å²) in [5, 5.41) is 0. The van der Waals surface area contributed by atoms with Crippen molar-refractivity contribution in [3.05, 3.63) is 0 Å². The Morgan fingerprint density at radius 1 is 0.480 bits per heavy atom. The molecule has 0 spiro atoms. The van der Waals surface area contributed by atoms with E-state index in [1.54, 1.807) is 0 Å². The van der Waals surface area contributed by atoms with E-state index >= 15 is 0 Å². The van der Waals surface area contributed by atoms with Crippen LogP contribution in [0, 0.1) is 0 Å². The van der Waals surface area contributed by atoms with Gasteiger partial charge >= 0.3 is 49.9 Å². The fourth-order valence-electron chi connectivity index (χ4n) is 1.70. The third-order valence-electron chi connectivity index (χ3n) is 2.27. The Kier molecular flexibility index (Phi) is 12.0. The van der Waals surface area contributed by atoms with Gasteiger partial charge in [0, 0.05) is 13.1 Å². The third-order valence-corrected chi connectivity index (χ3v) is 5.34. The van der Waals surface area contributed by atoms with Gasteiger partial charge in [0.05, 0.1) is 0 Å². The van der Waals surface area contributed by atoms with Gasteiger partial charge in [-0.15, -0.1) is 0 Å². The molecule has 0 unspecified atom stereocenters. The average molecular weight is 502 g/mol. The van der Waals surface area contributed by atoms with Crippen LogP contribution in [0.2, 0.25) is 0 Å². The molecule has 0 saturated heterocycles. The molecule has 0 aromatic heterocycles. The third kappa shape index (κ3) is 19.7. The molecule has 19 heteroatoms. The zero-order valence-electron chi connectivity index (χ0n) is 12.8. The first-order valence-electron chi connectivity index (χ1n) is 5.99. The van der Waals surface area contributed by atoms with Crippen LogP contribution in [-0.4, -0.2) is 87.2 Å². The summed E-state index contributed by atoms with van der Waals surface area (Å²) in [7, 11) is -18.8. The van der Waals surface area contributed by atoms with Crippen LogP contribution in [0.1, 0.15) is 0 Å². The summed E-state index contributed by atoms with van der Waals surface area (Å²) in [6, 6.07) is 0. The summed E-state index contributed by atoms with van der Waals surface area (Å²) < 4.78 is 43.9. The van der Waals surface area contributed by atoms with Crippen molar-refractivity contribution in [2.24, 2.45) is 0 Å². The van der Waals surface area contributed by atoms with Crippen LogP contribution >= 0.6 is 30.4 Å². The number of rotatable bonds is 11. The van der Waals surface area contributed by atoms with Crippen LogP contribution in [0.3, 0.4) is 0 Å². The summed E-state index contributed by atoms with van der Waals surface area (Å²) in [6.45, 7) is -1.01. The Morgan fingerprint density at radius 3 is 0.760 bits per heavy atom. The Morgan fingerprint density at radius 2 is 0.640 bits per heavy atom. The maximum atomic E-state index is 11.0. The van der Waals surface area contributed by atoms with E-state index in [0.717, 1.165) is 0 Å². The van der Waals surface area contributed by atoms with E-state index in [2.05, 4.69) is 0 Å². The van der Waals surface area contributed by atoms with Gasteiger partial charge in [0.1, 0.15) is 25.1 Å². The van der Waals surface area contributed by atoms with E-state index in [-0.39, 0.29) is 19.5 Å². The quantitative estimate of drug-likeness (QED) is 0.114. The van der Waals surface area contributed by atoms with Gasteiger partial charge in [0.2, 0.25) is 0 Å². The summed E-state index contributed by atoms with van der Waals surface area (Å²) in [5.74, 6) is 0. The van der Waals surface area contributed by atoms with Crippen molar-refractivity contribution in [3.8, 4) is 0 Å². The maximum Gasteiger partial charge on any atom is 2.00 e. The van der Waals surface area contributed by atoms with Gasteiger partial charge in [0.15, 0.2) is 0 Å². The van der Waals surface area contributed by atoms with Crippen molar-refractivity contribution in [1.82, 2.24) is 9.80 Å². The molecule has 14 nitrogen and oxygen atoms in total. The molecule has 0 heterocycles. The van der Waals surface area contributed by atoms with Crippen molar-refractivity contribution < 1.29 is 76.9 Å². The maximum absolute atomic E-state index is 11.0. The second-order valence-electron chi connectivity index (χ2n) is 5.01. The predicted octanol–water partition coefficient (Wildman–Crippen LogP) is -1.87. The van der Waals surface area contributed by atoms with Crippen LogP contribution < -0.4 is 0 Å². The zero-order chi connectivity index (χ0) is 19.4. The molecule has 0 aliphatic rings. The molecule has 0 saturated carbocycles. The smallest absolute Gasteiger partial charge is 0.324 e. The van der Waals surface area contributed by atoms with Crippen LogP contribution in [0.4, 0.5) is 0 Å². The standard InChI is InChI=1S/C6H20N2O12P4.Zn/c9-21(10,11)3-7(4-22(12,13)14)1-2-8(5-23(15,16)17)6-24(18,19)20;/h1-6H2,(H2,9,10,11)(H2,12,13,14)(H2,15,16,17)(H2,18,19,20);/q;+2. The van der Waals surface area contributed by atoms with Crippen LogP contribution in [-0.2, 0) is 37.7 Å². The van der Waals surface area contributed by atoms with E-state index < -0.39 is 68.6 Å². The van der Waals surface area contributed by atoms with E-state index in [0.29, 0.717) is 9.80 Å². The normalized spacial score (nSPS) is 14.0. The molecule has 25 heavy (non-hydrogen) atoms. The molecule has 8 N–H and O–H groups in total. The zero-order valence-corrected chi connectivity index (χ0v) is 19.4. The molecule has 146 valence electrons. The first-order chi connectivity index (χ1) is 10.4. The minimum absolute atomic E-state index is 0. The molecule has 0 aliphatic heterocycles. The summed E-state index contributed by atoms with van der Waals surface area (Å²) in [6.07, 6.45) is -4.18. The Hall–Kier alpha value is 1.14. The Balaban J connectivity index is 0. The molecule has 0 aromatic carbocycles. The number of hydrogen-bond acceptors (Lipinski definition) is 6. The van der Waals surface area contributed by atoms with Gasteiger partial charge in [-0.05, 0) is 0 Å². The molecule has 0 radical (unpaired) electrons. The minimum atomic E-state index is -4.69. The SMILES string of the molecule is O=P(O)(O)CN(CCN(CP(=O)(O)O)CP(=O)(O)O)CP(=O)(O)O.[Zn+2]. The summed E-state index contributed by atoms with van der Waals surface area (Å²) >= 11 is 0. The minimum Gasteiger partial charge on any atom is -0.324 e. The van der Waals surface area contributed by atoms with E-state index in [4.69, 9.17) is 39.1 Å². The molecule has 0 rings (SSSR count). The molecule has 0 fully saturated rings. The first kappa shape index (κ1) is 28.4.